The molecule has 0 bridgehead atoms. The zero-order valence-electron chi connectivity index (χ0n) is 14.3. The first kappa shape index (κ1) is 16.4. The fourth-order valence-corrected chi connectivity index (χ4v) is 4.34. The molecule has 0 aliphatic heterocycles. The molecule has 0 aliphatic rings. The van der Waals surface area contributed by atoms with Gasteiger partial charge in [-0.1, -0.05) is 0 Å². The molecule has 3 aromatic carbocycles. The minimum atomic E-state index is 0.623. The molecule has 0 fully saturated rings. The van der Waals surface area contributed by atoms with Crippen molar-refractivity contribution in [1.82, 2.24) is 9.97 Å². The second-order valence-electron chi connectivity index (χ2n) is 6.30. The van der Waals surface area contributed by atoms with E-state index in [1.54, 1.807) is 0 Å². The van der Waals surface area contributed by atoms with E-state index in [1.165, 1.54) is 27.8 Å². The Balaban J connectivity index is 1.95. The van der Waals surface area contributed by atoms with Crippen LogP contribution in [0.1, 0.15) is 11.1 Å². The number of benzene rings is 3. The van der Waals surface area contributed by atoms with Crippen LogP contribution < -0.4 is 3.38 Å². The van der Waals surface area contributed by atoms with Crippen LogP contribution in [0.15, 0.2) is 66.7 Å². The van der Waals surface area contributed by atoms with Gasteiger partial charge in [-0.2, -0.15) is 0 Å². The molecular weight excluding hydrogens is 497 g/mol. The van der Waals surface area contributed by atoms with Gasteiger partial charge in [0.1, 0.15) is 0 Å². The van der Waals surface area contributed by atoms with Crippen LogP contribution in [0.5, 0.6) is 0 Å². The van der Waals surface area contributed by atoms with Gasteiger partial charge in [-0.05, 0) is 0 Å². The molecule has 0 atom stereocenters. The summed E-state index contributed by atoms with van der Waals surface area (Å²) < 4.78 is 0.970. The molecule has 0 unspecified atom stereocenters. The Morgan fingerprint density at radius 1 is 0.720 bits per heavy atom. The molecule has 4 rings (SSSR count). The fraction of sp³-hybridized carbons (Fsp3) is 0.0909. The van der Waals surface area contributed by atoms with Crippen molar-refractivity contribution in [3.63, 3.8) is 0 Å². The summed E-state index contributed by atoms with van der Waals surface area (Å²) in [6, 6.07) is 23.4. The van der Waals surface area contributed by atoms with Gasteiger partial charge in [-0.15, -0.1) is 0 Å². The topological polar surface area (TPSA) is 25.8 Å². The first-order valence-electron chi connectivity index (χ1n) is 8.33. The SMILES string of the molecule is Cc1cc(-c2n[c]([Tl])nc3ccccc23)c(C)cc1-c1ccccc1. The van der Waals surface area contributed by atoms with Crippen molar-refractivity contribution >= 4 is 40.1 Å². The van der Waals surface area contributed by atoms with Crippen LogP contribution in [0.25, 0.3) is 33.3 Å². The van der Waals surface area contributed by atoms with Crippen LogP contribution in [0.3, 0.4) is 0 Å². The number of hydrogen-bond donors (Lipinski definition) is 0. The molecule has 0 spiro atoms. The van der Waals surface area contributed by atoms with Crippen LogP contribution >= 0.6 is 0 Å². The van der Waals surface area contributed by atoms with E-state index in [9.17, 15) is 0 Å². The number of aromatic nitrogens is 2. The molecule has 118 valence electrons. The van der Waals surface area contributed by atoms with Gasteiger partial charge in [-0.25, -0.2) is 0 Å². The molecule has 0 radical (unpaired) electrons. The van der Waals surface area contributed by atoms with E-state index in [-0.39, 0.29) is 0 Å². The average molecular weight is 514 g/mol. The van der Waals surface area contributed by atoms with Crippen LogP contribution in [0.2, 0.25) is 0 Å². The number of para-hydroxylation sites is 1. The van der Waals surface area contributed by atoms with Gasteiger partial charge in [-0.3, -0.25) is 0 Å². The van der Waals surface area contributed by atoms with E-state index in [2.05, 4.69) is 79.5 Å². The summed E-state index contributed by atoms with van der Waals surface area (Å²) in [5.41, 5.74) is 8.36. The Morgan fingerprint density at radius 2 is 1.36 bits per heavy atom. The number of hydrogen-bond acceptors (Lipinski definition) is 2. The number of fused-ring (bicyclic) bond motifs is 1. The zero-order valence-corrected chi connectivity index (χ0v) is 18.8. The first-order chi connectivity index (χ1) is 12.1. The molecule has 1 heterocycles. The monoisotopic (exact) mass is 514 g/mol. The van der Waals surface area contributed by atoms with Gasteiger partial charge >= 0.3 is 164 Å². The molecule has 0 saturated carbocycles. The van der Waals surface area contributed by atoms with Gasteiger partial charge in [0.25, 0.3) is 0 Å². The third-order valence-electron chi connectivity index (χ3n) is 4.53. The maximum absolute atomic E-state index is 4.84. The molecule has 25 heavy (non-hydrogen) atoms. The molecule has 4 aromatic rings. The Labute approximate surface area is 163 Å². The van der Waals surface area contributed by atoms with E-state index in [4.69, 9.17) is 4.98 Å². The van der Waals surface area contributed by atoms with Crippen LogP contribution in [0.4, 0.5) is 0 Å². The fourth-order valence-electron chi connectivity index (χ4n) is 3.30. The summed E-state index contributed by atoms with van der Waals surface area (Å²) in [7, 11) is 0. The predicted octanol–water partition coefficient (Wildman–Crippen LogP) is 4.37. The third-order valence-corrected chi connectivity index (χ3v) is 5.54. The molecule has 1 aromatic heterocycles. The van der Waals surface area contributed by atoms with Crippen molar-refractivity contribution in [2.75, 3.05) is 0 Å². The van der Waals surface area contributed by atoms with Gasteiger partial charge in [0.15, 0.2) is 0 Å². The van der Waals surface area contributed by atoms with E-state index >= 15 is 0 Å². The van der Waals surface area contributed by atoms with Crippen molar-refractivity contribution in [2.24, 2.45) is 0 Å². The van der Waals surface area contributed by atoms with Crippen molar-refractivity contribution in [1.29, 1.82) is 0 Å². The van der Waals surface area contributed by atoms with Crippen LogP contribution in [0, 0.1) is 13.8 Å². The Morgan fingerprint density at radius 3 is 2.16 bits per heavy atom. The number of aryl methyl sites for hydroxylation is 2. The molecule has 3 heteroatoms. The molecule has 0 aliphatic carbocycles. The van der Waals surface area contributed by atoms with Crippen molar-refractivity contribution < 1.29 is 0 Å². The normalized spacial score (nSPS) is 10.9. The summed E-state index contributed by atoms with van der Waals surface area (Å²) in [6.07, 6.45) is 0. The first-order valence-corrected chi connectivity index (χ1v) is 10.6. The summed E-state index contributed by atoms with van der Waals surface area (Å²) in [6.45, 7) is 4.35. The molecule has 0 amide bonds. The summed E-state index contributed by atoms with van der Waals surface area (Å²) >= 11 is 0.623. The van der Waals surface area contributed by atoms with Crippen molar-refractivity contribution in [3.8, 4) is 22.4 Å². The Kier molecular flexibility index (Phi) is 4.38. The van der Waals surface area contributed by atoms with Gasteiger partial charge in [0, 0.05) is 0 Å². The van der Waals surface area contributed by atoms with Gasteiger partial charge in [0.2, 0.25) is 0 Å². The standard InChI is InChI=1S/C22H17N2.Tl/c1-15-13-20(16(2)12-19(15)17-8-4-3-5-9-17)22-18-10-6-7-11-21(18)23-14-24-22;/h3-13H,1-2H3;. The molecule has 0 saturated heterocycles. The average Bonchev–Trinajstić information content (AvgIpc) is 2.63. The summed E-state index contributed by atoms with van der Waals surface area (Å²) in [4.78, 5) is 9.48. The van der Waals surface area contributed by atoms with E-state index in [0.717, 1.165) is 20.0 Å². The Hall–Kier alpha value is -2.08. The minimum absolute atomic E-state index is 0.623. The molecule has 0 N–H and O–H groups in total. The van der Waals surface area contributed by atoms with E-state index in [1.807, 2.05) is 6.07 Å². The summed E-state index contributed by atoms with van der Waals surface area (Å²) in [5, 5.41) is 1.13. The second-order valence-corrected chi connectivity index (χ2v) is 8.30. The zero-order chi connectivity index (χ0) is 17.4. The van der Waals surface area contributed by atoms with Crippen molar-refractivity contribution in [2.45, 2.75) is 13.8 Å². The maximum atomic E-state index is 4.84. The Bertz CT molecular complexity index is 1070. The van der Waals surface area contributed by atoms with Gasteiger partial charge in [0.05, 0.1) is 0 Å². The van der Waals surface area contributed by atoms with Crippen LogP contribution in [-0.2, 0) is 0 Å². The van der Waals surface area contributed by atoms with E-state index in [0.29, 0.717) is 25.8 Å². The number of rotatable bonds is 2. The van der Waals surface area contributed by atoms with Crippen molar-refractivity contribution in [3.05, 3.63) is 77.9 Å². The quantitative estimate of drug-likeness (QED) is 0.372. The second kappa shape index (κ2) is 6.67. The summed E-state index contributed by atoms with van der Waals surface area (Å²) in [5.74, 6) is 0. The number of nitrogens with zero attached hydrogens (tertiary/aromatic N) is 2. The molecular formula is C22H17N2Tl. The van der Waals surface area contributed by atoms with E-state index < -0.39 is 0 Å². The predicted molar refractivity (Wildman–Crippen MR) is 105 cm³/mol. The van der Waals surface area contributed by atoms with Gasteiger partial charge < -0.3 is 0 Å². The van der Waals surface area contributed by atoms with Crippen LogP contribution in [-0.4, -0.2) is 35.7 Å². The third kappa shape index (κ3) is 3.11. The molecule has 2 nitrogen and oxygen atoms in total.